The maximum absolute atomic E-state index is 12.5. The van der Waals surface area contributed by atoms with Gasteiger partial charge in [0.1, 0.15) is 0 Å². The lowest BCUT2D eigenvalue weighted by Gasteiger charge is -2.28. The van der Waals surface area contributed by atoms with E-state index in [2.05, 4.69) is 23.5 Å². The van der Waals surface area contributed by atoms with Gasteiger partial charge >= 0.3 is 0 Å². The van der Waals surface area contributed by atoms with Crippen LogP contribution in [0.3, 0.4) is 0 Å². The number of nitrogens with zero attached hydrogens (tertiary/aromatic N) is 1. The zero-order valence-corrected chi connectivity index (χ0v) is 15.7. The monoisotopic (exact) mass is 358 g/mol. The molecular formula is C20H26N2O2S. The molecule has 0 radical (unpaired) electrons. The van der Waals surface area contributed by atoms with Crippen LogP contribution in [0.4, 0.5) is 11.4 Å². The molecule has 0 aromatic heterocycles. The highest BCUT2D eigenvalue weighted by Crippen LogP contribution is 2.24. The molecular weight excluding hydrogens is 332 g/mol. The molecule has 1 N–H and O–H groups in total. The average Bonchev–Trinajstić information content (AvgIpc) is 2.63. The predicted octanol–water partition coefficient (Wildman–Crippen LogP) is 4.60. The van der Waals surface area contributed by atoms with Crippen LogP contribution in [0.15, 0.2) is 53.4 Å². The van der Waals surface area contributed by atoms with Gasteiger partial charge in [-0.1, -0.05) is 26.0 Å². The molecule has 1 aliphatic heterocycles. The zero-order chi connectivity index (χ0) is 17.9. The molecule has 0 spiro atoms. The van der Waals surface area contributed by atoms with E-state index in [1.165, 1.54) is 19.3 Å². The summed E-state index contributed by atoms with van der Waals surface area (Å²) in [4.78, 5) is 2.64. The van der Waals surface area contributed by atoms with Gasteiger partial charge in [-0.25, -0.2) is 8.42 Å². The SMILES string of the molecule is CC(C)c1ccc(S(=O)(=O)Nc2ccc(N3CCCCC3)cc2)cc1. The molecule has 1 aliphatic rings. The van der Waals surface area contributed by atoms with Gasteiger partial charge in [0.25, 0.3) is 10.0 Å². The molecule has 25 heavy (non-hydrogen) atoms. The first kappa shape index (κ1) is 17.8. The fourth-order valence-corrected chi connectivity index (χ4v) is 4.20. The Hall–Kier alpha value is -2.01. The van der Waals surface area contributed by atoms with Crippen molar-refractivity contribution in [3.05, 3.63) is 54.1 Å². The third-order valence-electron chi connectivity index (χ3n) is 4.70. The van der Waals surface area contributed by atoms with E-state index in [0.717, 1.165) is 24.3 Å². The summed E-state index contributed by atoms with van der Waals surface area (Å²) >= 11 is 0. The van der Waals surface area contributed by atoms with E-state index in [0.29, 0.717) is 11.6 Å². The van der Waals surface area contributed by atoms with E-state index >= 15 is 0 Å². The fraction of sp³-hybridized carbons (Fsp3) is 0.400. The number of nitrogens with one attached hydrogen (secondary N) is 1. The van der Waals surface area contributed by atoms with Crippen molar-refractivity contribution >= 4 is 21.4 Å². The molecule has 1 fully saturated rings. The molecule has 1 saturated heterocycles. The largest absolute Gasteiger partial charge is 0.372 e. The summed E-state index contributed by atoms with van der Waals surface area (Å²) in [6.07, 6.45) is 3.74. The molecule has 4 nitrogen and oxygen atoms in total. The van der Waals surface area contributed by atoms with Crippen LogP contribution in [0.2, 0.25) is 0 Å². The highest BCUT2D eigenvalue weighted by Gasteiger charge is 2.15. The second-order valence-electron chi connectivity index (χ2n) is 6.92. The molecule has 2 aromatic carbocycles. The van der Waals surface area contributed by atoms with E-state index in [1.807, 2.05) is 36.4 Å². The standard InChI is InChI=1S/C20H26N2O2S/c1-16(2)17-6-12-20(13-7-17)25(23,24)21-18-8-10-19(11-9-18)22-14-4-3-5-15-22/h6-13,16,21H,3-5,14-15H2,1-2H3. The van der Waals surface area contributed by atoms with Crippen LogP contribution < -0.4 is 9.62 Å². The maximum atomic E-state index is 12.5. The minimum absolute atomic E-state index is 0.289. The summed E-state index contributed by atoms with van der Waals surface area (Å²) in [5.41, 5.74) is 2.88. The van der Waals surface area contributed by atoms with E-state index in [9.17, 15) is 8.42 Å². The Morgan fingerprint density at radius 2 is 1.48 bits per heavy atom. The zero-order valence-electron chi connectivity index (χ0n) is 14.9. The van der Waals surface area contributed by atoms with Gasteiger partial charge in [0.05, 0.1) is 4.90 Å². The second kappa shape index (κ2) is 7.48. The number of sulfonamides is 1. The lowest BCUT2D eigenvalue weighted by Crippen LogP contribution is -2.29. The molecule has 5 heteroatoms. The minimum Gasteiger partial charge on any atom is -0.372 e. The van der Waals surface area contributed by atoms with Crippen LogP contribution in [0.5, 0.6) is 0 Å². The summed E-state index contributed by atoms with van der Waals surface area (Å²) in [6, 6.07) is 14.7. The molecule has 134 valence electrons. The maximum Gasteiger partial charge on any atom is 0.261 e. The van der Waals surface area contributed by atoms with Gasteiger partial charge in [0, 0.05) is 24.5 Å². The van der Waals surface area contributed by atoms with Crippen molar-refractivity contribution in [2.24, 2.45) is 0 Å². The molecule has 2 aromatic rings. The van der Waals surface area contributed by atoms with Crippen LogP contribution in [0.1, 0.15) is 44.6 Å². The summed E-state index contributed by atoms with van der Waals surface area (Å²) in [7, 11) is -3.56. The average molecular weight is 359 g/mol. The van der Waals surface area contributed by atoms with Gasteiger partial charge in [0.2, 0.25) is 0 Å². The molecule has 0 aliphatic carbocycles. The Bertz CT molecular complexity index is 791. The van der Waals surface area contributed by atoms with Crippen LogP contribution in [-0.2, 0) is 10.0 Å². The highest BCUT2D eigenvalue weighted by atomic mass is 32.2. The molecule has 0 bridgehead atoms. The topological polar surface area (TPSA) is 49.4 Å². The Labute approximate surface area is 150 Å². The number of benzene rings is 2. The second-order valence-corrected chi connectivity index (χ2v) is 8.61. The summed E-state index contributed by atoms with van der Waals surface area (Å²) in [6.45, 7) is 6.33. The van der Waals surface area contributed by atoms with Crippen LogP contribution in [0, 0.1) is 0 Å². The summed E-state index contributed by atoms with van der Waals surface area (Å²) < 4.78 is 27.8. The molecule has 3 rings (SSSR count). The van der Waals surface area contributed by atoms with E-state index in [1.54, 1.807) is 12.1 Å². The van der Waals surface area contributed by atoms with Crippen LogP contribution in [-0.4, -0.2) is 21.5 Å². The van der Waals surface area contributed by atoms with Gasteiger partial charge < -0.3 is 4.90 Å². The number of piperidine rings is 1. The first-order valence-electron chi connectivity index (χ1n) is 8.93. The Morgan fingerprint density at radius 1 is 0.880 bits per heavy atom. The Balaban J connectivity index is 1.72. The minimum atomic E-state index is -3.56. The normalized spacial score (nSPS) is 15.4. The van der Waals surface area contributed by atoms with E-state index < -0.39 is 10.0 Å². The van der Waals surface area contributed by atoms with Gasteiger partial charge in [-0.05, 0) is 67.1 Å². The first-order chi connectivity index (χ1) is 12.0. The third-order valence-corrected chi connectivity index (χ3v) is 6.09. The Morgan fingerprint density at radius 3 is 2.04 bits per heavy atom. The van der Waals surface area contributed by atoms with Crippen molar-refractivity contribution in [1.82, 2.24) is 0 Å². The third kappa shape index (κ3) is 4.34. The first-order valence-corrected chi connectivity index (χ1v) is 10.4. The highest BCUT2D eigenvalue weighted by molar-refractivity contribution is 7.92. The van der Waals surface area contributed by atoms with Crippen molar-refractivity contribution < 1.29 is 8.42 Å². The number of hydrogen-bond acceptors (Lipinski definition) is 3. The van der Waals surface area contributed by atoms with Crippen molar-refractivity contribution in [3.8, 4) is 0 Å². The lowest BCUT2D eigenvalue weighted by molar-refractivity contribution is 0.578. The molecule has 1 heterocycles. The number of hydrogen-bond donors (Lipinski definition) is 1. The van der Waals surface area contributed by atoms with Crippen molar-refractivity contribution in [1.29, 1.82) is 0 Å². The fourth-order valence-electron chi connectivity index (χ4n) is 3.14. The van der Waals surface area contributed by atoms with Crippen LogP contribution in [0.25, 0.3) is 0 Å². The number of anilines is 2. The van der Waals surface area contributed by atoms with Crippen molar-refractivity contribution in [3.63, 3.8) is 0 Å². The molecule has 0 saturated carbocycles. The van der Waals surface area contributed by atoms with Crippen LogP contribution >= 0.6 is 0 Å². The summed E-state index contributed by atoms with van der Waals surface area (Å²) in [5, 5.41) is 0. The molecule has 0 atom stereocenters. The smallest absolute Gasteiger partial charge is 0.261 e. The Kier molecular flexibility index (Phi) is 5.33. The molecule has 0 amide bonds. The van der Waals surface area contributed by atoms with Gasteiger partial charge in [-0.3, -0.25) is 4.72 Å². The van der Waals surface area contributed by atoms with Gasteiger partial charge in [-0.2, -0.15) is 0 Å². The predicted molar refractivity (Wildman–Crippen MR) is 104 cm³/mol. The number of rotatable bonds is 5. The van der Waals surface area contributed by atoms with Gasteiger partial charge in [-0.15, -0.1) is 0 Å². The van der Waals surface area contributed by atoms with E-state index in [-0.39, 0.29) is 4.90 Å². The quantitative estimate of drug-likeness (QED) is 0.850. The van der Waals surface area contributed by atoms with E-state index in [4.69, 9.17) is 0 Å². The van der Waals surface area contributed by atoms with Crippen molar-refractivity contribution in [2.75, 3.05) is 22.7 Å². The van der Waals surface area contributed by atoms with Gasteiger partial charge in [0.15, 0.2) is 0 Å². The summed E-state index contributed by atoms with van der Waals surface area (Å²) in [5.74, 6) is 0.382. The van der Waals surface area contributed by atoms with Crippen molar-refractivity contribution in [2.45, 2.75) is 43.9 Å². The lowest BCUT2D eigenvalue weighted by atomic mass is 10.0. The molecule has 0 unspecified atom stereocenters.